The molecule has 2 N–H and O–H groups in total. The molecule has 0 amide bonds. The molecule has 0 aliphatic carbocycles. The maximum absolute atomic E-state index is 12.4. The second-order valence-corrected chi connectivity index (χ2v) is 5.96. The van der Waals surface area contributed by atoms with Gasteiger partial charge in [-0.1, -0.05) is 0 Å². The van der Waals surface area contributed by atoms with Crippen LogP contribution < -0.4 is 15.4 Å². The van der Waals surface area contributed by atoms with Crippen LogP contribution in [0, 0.1) is 5.41 Å². The molecule has 2 aliphatic rings. The Kier molecular flexibility index (Phi) is 4.54. The Morgan fingerprint density at radius 1 is 1.36 bits per heavy atom. The summed E-state index contributed by atoms with van der Waals surface area (Å²) in [7, 11) is 0. The molecule has 3 heterocycles. The molecule has 1 aromatic heterocycles. The van der Waals surface area contributed by atoms with Crippen LogP contribution in [0.25, 0.3) is 0 Å². The van der Waals surface area contributed by atoms with Crippen molar-refractivity contribution in [2.24, 2.45) is 11.1 Å². The molecule has 3 rings (SSSR count). The van der Waals surface area contributed by atoms with E-state index < -0.39 is 0 Å². The number of halogens is 1. The lowest BCUT2D eigenvalue weighted by molar-refractivity contribution is -0.124. The first kappa shape index (κ1) is 15.2. The lowest BCUT2D eigenvalue weighted by Gasteiger charge is -2.47. The minimum Gasteiger partial charge on any atom is -0.486 e. The van der Waals surface area contributed by atoms with Gasteiger partial charge in [-0.15, -0.1) is 0 Å². The highest BCUT2D eigenvalue weighted by Crippen LogP contribution is 2.38. The van der Waals surface area contributed by atoms with Gasteiger partial charge in [0.25, 0.3) is 0 Å². The molecule has 0 aromatic carbocycles. The van der Waals surface area contributed by atoms with Crippen molar-refractivity contribution in [3.8, 4) is 5.75 Å². The molecule has 2 aliphatic heterocycles. The molecule has 1 spiro atoms. The monoisotopic (exact) mass is 308 g/mol. The molecule has 0 bridgehead atoms. The number of piperidine rings is 1. The Bertz CT molecular complexity index is 521. The molecule has 6 nitrogen and oxygen atoms in total. The highest BCUT2D eigenvalue weighted by atomic mass is 19.1. The van der Waals surface area contributed by atoms with E-state index >= 15 is 0 Å². The number of rotatable bonds is 5. The predicted molar refractivity (Wildman–Crippen MR) is 80.5 cm³/mol. The highest BCUT2D eigenvalue weighted by Gasteiger charge is 2.41. The van der Waals surface area contributed by atoms with Crippen LogP contribution in [-0.4, -0.2) is 49.4 Å². The van der Waals surface area contributed by atoms with Gasteiger partial charge >= 0.3 is 0 Å². The van der Waals surface area contributed by atoms with E-state index in [2.05, 4.69) is 14.9 Å². The Morgan fingerprint density at radius 2 is 2.05 bits per heavy atom. The van der Waals surface area contributed by atoms with Crippen molar-refractivity contribution in [2.45, 2.75) is 12.8 Å². The molecule has 2 fully saturated rings. The number of hydrogen-bond donors (Lipinski definition) is 1. The number of anilines is 1. The topological polar surface area (TPSA) is 73.5 Å². The van der Waals surface area contributed by atoms with Gasteiger partial charge in [-0.2, -0.15) is 0 Å². The van der Waals surface area contributed by atoms with Gasteiger partial charge in [-0.3, -0.25) is 0 Å². The van der Waals surface area contributed by atoms with E-state index in [1.54, 1.807) is 12.4 Å². The van der Waals surface area contributed by atoms with Gasteiger partial charge in [-0.05, 0) is 12.8 Å². The molecule has 0 atom stereocenters. The van der Waals surface area contributed by atoms with Gasteiger partial charge in [0.05, 0.1) is 31.9 Å². The molecule has 0 radical (unpaired) electrons. The van der Waals surface area contributed by atoms with E-state index in [1.807, 2.05) is 0 Å². The zero-order valence-corrected chi connectivity index (χ0v) is 12.5. The summed E-state index contributed by atoms with van der Waals surface area (Å²) in [6.45, 7) is 3.92. The van der Waals surface area contributed by atoms with Crippen LogP contribution in [0.2, 0.25) is 0 Å². The minimum absolute atomic E-state index is 0.113. The smallest absolute Gasteiger partial charge is 0.225 e. The van der Waals surface area contributed by atoms with Gasteiger partial charge in [0.15, 0.2) is 5.75 Å². The summed E-state index contributed by atoms with van der Waals surface area (Å²) in [4.78, 5) is 10.9. The van der Waals surface area contributed by atoms with Crippen molar-refractivity contribution in [3.05, 3.63) is 24.3 Å². The van der Waals surface area contributed by atoms with Crippen LogP contribution in [-0.2, 0) is 4.74 Å². The summed E-state index contributed by atoms with van der Waals surface area (Å²) in [5.74, 6) is 1.22. The largest absolute Gasteiger partial charge is 0.486 e. The number of aromatic nitrogens is 2. The molecular weight excluding hydrogens is 287 g/mol. The Hall–Kier alpha value is -1.73. The van der Waals surface area contributed by atoms with Crippen molar-refractivity contribution >= 4 is 5.95 Å². The lowest BCUT2D eigenvalue weighted by atomic mass is 9.77. The SMILES string of the molecule is NC/C(=C\F)COc1cnc(N2CCC3(CC2)COC3)nc1. The lowest BCUT2D eigenvalue weighted by Crippen LogP contribution is -2.51. The second-order valence-electron chi connectivity index (χ2n) is 5.96. The Balaban J connectivity index is 1.53. The van der Waals surface area contributed by atoms with Gasteiger partial charge in [0.2, 0.25) is 5.95 Å². The van der Waals surface area contributed by atoms with Gasteiger partial charge in [0.1, 0.15) is 6.61 Å². The van der Waals surface area contributed by atoms with Gasteiger partial charge < -0.3 is 20.1 Å². The predicted octanol–water partition coefficient (Wildman–Crippen LogP) is 1.28. The molecule has 0 unspecified atom stereocenters. The third-order valence-electron chi connectivity index (χ3n) is 4.38. The summed E-state index contributed by atoms with van der Waals surface area (Å²) in [5.41, 5.74) is 6.17. The fourth-order valence-corrected chi connectivity index (χ4v) is 2.72. The molecule has 22 heavy (non-hydrogen) atoms. The maximum atomic E-state index is 12.4. The average molecular weight is 308 g/mol. The fraction of sp³-hybridized carbons (Fsp3) is 0.600. The van der Waals surface area contributed by atoms with Crippen LogP contribution in [0.1, 0.15) is 12.8 Å². The van der Waals surface area contributed by atoms with Crippen molar-refractivity contribution in [1.29, 1.82) is 0 Å². The summed E-state index contributed by atoms with van der Waals surface area (Å²) in [6, 6.07) is 0. The Labute approximate surface area is 129 Å². The van der Waals surface area contributed by atoms with Gasteiger partial charge in [-0.25, -0.2) is 14.4 Å². The van der Waals surface area contributed by atoms with Crippen LogP contribution in [0.4, 0.5) is 10.3 Å². The summed E-state index contributed by atoms with van der Waals surface area (Å²) in [6.07, 6.45) is 5.95. The van der Waals surface area contributed by atoms with E-state index in [1.165, 1.54) is 0 Å². The van der Waals surface area contributed by atoms with E-state index in [-0.39, 0.29) is 13.2 Å². The van der Waals surface area contributed by atoms with Crippen LogP contribution in [0.5, 0.6) is 5.75 Å². The van der Waals surface area contributed by atoms with Gasteiger partial charge in [0, 0.05) is 30.6 Å². The first-order valence-corrected chi connectivity index (χ1v) is 7.50. The van der Waals surface area contributed by atoms with Crippen molar-refractivity contribution < 1.29 is 13.9 Å². The quantitative estimate of drug-likeness (QED) is 0.883. The first-order chi connectivity index (χ1) is 10.7. The van der Waals surface area contributed by atoms with Crippen LogP contribution in [0.3, 0.4) is 0 Å². The van der Waals surface area contributed by atoms with Crippen molar-refractivity contribution in [3.63, 3.8) is 0 Å². The van der Waals surface area contributed by atoms with E-state index in [4.69, 9.17) is 15.2 Å². The third kappa shape index (κ3) is 3.20. The number of ether oxygens (including phenoxy) is 2. The zero-order valence-electron chi connectivity index (χ0n) is 12.5. The number of hydrogen-bond acceptors (Lipinski definition) is 6. The van der Waals surface area contributed by atoms with E-state index in [9.17, 15) is 4.39 Å². The molecule has 120 valence electrons. The average Bonchev–Trinajstić information content (AvgIpc) is 2.55. The number of nitrogens with zero attached hydrogens (tertiary/aromatic N) is 3. The normalized spacial score (nSPS) is 20.8. The molecule has 1 aromatic rings. The second kappa shape index (κ2) is 6.58. The summed E-state index contributed by atoms with van der Waals surface area (Å²) in [5, 5.41) is 0. The van der Waals surface area contributed by atoms with Crippen LogP contribution >= 0.6 is 0 Å². The summed E-state index contributed by atoms with van der Waals surface area (Å²) < 4.78 is 23.1. The molecule has 2 saturated heterocycles. The highest BCUT2D eigenvalue weighted by molar-refractivity contribution is 5.32. The molecular formula is C15H21FN4O2. The summed E-state index contributed by atoms with van der Waals surface area (Å²) >= 11 is 0. The third-order valence-corrected chi connectivity index (χ3v) is 4.38. The standard InChI is InChI=1S/C15H21FN4O2/c16-5-12(6-17)9-22-13-7-18-14(19-8-13)20-3-1-15(2-4-20)10-21-11-15/h5,7-8H,1-4,6,9-11,17H2/b12-5+. The zero-order chi connectivity index (χ0) is 15.4. The Morgan fingerprint density at radius 3 is 2.55 bits per heavy atom. The number of nitrogens with two attached hydrogens (primary N) is 1. The maximum Gasteiger partial charge on any atom is 0.225 e. The van der Waals surface area contributed by atoms with E-state index in [0.717, 1.165) is 39.1 Å². The van der Waals surface area contributed by atoms with E-state index in [0.29, 0.717) is 29.0 Å². The molecule has 0 saturated carbocycles. The minimum atomic E-state index is 0.113. The van der Waals surface area contributed by atoms with Crippen molar-refractivity contribution in [1.82, 2.24) is 9.97 Å². The van der Waals surface area contributed by atoms with Crippen LogP contribution in [0.15, 0.2) is 24.3 Å². The molecule has 7 heteroatoms. The fourth-order valence-electron chi connectivity index (χ4n) is 2.72. The van der Waals surface area contributed by atoms with Crippen molar-refractivity contribution in [2.75, 3.05) is 44.4 Å². The first-order valence-electron chi connectivity index (χ1n) is 7.50.